The summed E-state index contributed by atoms with van der Waals surface area (Å²) in [5.74, 6) is 1.74. The molecule has 0 heterocycles. The predicted octanol–water partition coefficient (Wildman–Crippen LogP) is 1.48. The second kappa shape index (κ2) is 0.735. The van der Waals surface area contributed by atoms with Crippen LogP contribution in [0.5, 0.6) is 0 Å². The minimum atomic E-state index is 0.801. The second-order valence-electron chi connectivity index (χ2n) is 1.97. The van der Waals surface area contributed by atoms with Gasteiger partial charge < -0.3 is 0 Å². The highest BCUT2D eigenvalue weighted by molar-refractivity contribution is 4.83. The fourth-order valence-electron chi connectivity index (χ4n) is 0.399. The third-order valence-electron chi connectivity index (χ3n) is 1.28. The molecule has 1 aliphatic carbocycles. The Hall–Kier alpha value is 0. The van der Waals surface area contributed by atoms with Gasteiger partial charge in [0, 0.05) is 0 Å². The molecule has 0 aliphatic heterocycles. The molecule has 1 saturated carbocycles. The van der Waals surface area contributed by atoms with Crippen molar-refractivity contribution in [2.24, 2.45) is 11.8 Å². The summed E-state index contributed by atoms with van der Waals surface area (Å²) in [6.45, 7) is 6.06. The molecule has 1 radical (unpaired) electrons. The lowest BCUT2D eigenvalue weighted by atomic mass is 10.4. The Morgan fingerprint density at radius 1 is 1.80 bits per heavy atom. The summed E-state index contributed by atoms with van der Waals surface area (Å²) in [6.07, 6.45) is 1.36. The van der Waals surface area contributed by atoms with Crippen LogP contribution in [0.2, 0.25) is 0 Å². The maximum atomic E-state index is 3.83. The zero-order valence-electron chi connectivity index (χ0n) is 3.57. The van der Waals surface area contributed by atoms with Crippen LogP contribution in [0.25, 0.3) is 0 Å². The van der Waals surface area contributed by atoms with E-state index < -0.39 is 0 Å². The first-order chi connectivity index (χ1) is 2.30. The summed E-state index contributed by atoms with van der Waals surface area (Å²) in [5, 5.41) is 0. The number of hydrogen-bond acceptors (Lipinski definition) is 0. The first-order valence-corrected chi connectivity index (χ1v) is 2.14. The van der Waals surface area contributed by atoms with Crippen LogP contribution in [0.4, 0.5) is 0 Å². The van der Waals surface area contributed by atoms with Gasteiger partial charge in [-0.25, -0.2) is 0 Å². The molecule has 0 aromatic rings. The van der Waals surface area contributed by atoms with Crippen molar-refractivity contribution < 1.29 is 0 Å². The van der Waals surface area contributed by atoms with E-state index in [-0.39, 0.29) is 0 Å². The van der Waals surface area contributed by atoms with E-state index in [9.17, 15) is 0 Å². The number of hydrogen-bond donors (Lipinski definition) is 0. The van der Waals surface area contributed by atoms with Crippen LogP contribution in [-0.2, 0) is 0 Å². The molecule has 0 amide bonds. The number of rotatable bonds is 0. The van der Waals surface area contributed by atoms with Crippen LogP contribution in [0.15, 0.2) is 0 Å². The fraction of sp³-hybridized carbons (Fsp3) is 0.800. The Morgan fingerprint density at radius 3 is 2.00 bits per heavy atom. The van der Waals surface area contributed by atoms with E-state index in [1.807, 2.05) is 0 Å². The van der Waals surface area contributed by atoms with E-state index in [0.717, 1.165) is 11.8 Å². The maximum Gasteiger partial charge on any atom is -0.0386 e. The Balaban J connectivity index is 2.20. The molecule has 0 saturated heterocycles. The topological polar surface area (TPSA) is 0 Å². The molecule has 0 aromatic carbocycles. The minimum Gasteiger partial charge on any atom is -0.0622 e. The Morgan fingerprint density at radius 2 is 2.00 bits per heavy atom. The zero-order chi connectivity index (χ0) is 3.86. The molecule has 2 atom stereocenters. The second-order valence-corrected chi connectivity index (χ2v) is 1.97. The van der Waals surface area contributed by atoms with E-state index in [2.05, 4.69) is 13.8 Å². The molecule has 0 heteroatoms. The van der Waals surface area contributed by atoms with Crippen molar-refractivity contribution in [3.05, 3.63) is 6.92 Å². The SMILES string of the molecule is [CH2][C@@H]1CC1C. The third kappa shape index (κ3) is 0.444. The summed E-state index contributed by atoms with van der Waals surface area (Å²) in [5.41, 5.74) is 0. The highest BCUT2D eigenvalue weighted by Crippen LogP contribution is 2.35. The molecular formula is C5H9. The zero-order valence-corrected chi connectivity index (χ0v) is 3.57. The van der Waals surface area contributed by atoms with Gasteiger partial charge in [-0.1, -0.05) is 6.92 Å². The van der Waals surface area contributed by atoms with Gasteiger partial charge >= 0.3 is 0 Å². The van der Waals surface area contributed by atoms with Crippen molar-refractivity contribution in [2.45, 2.75) is 13.3 Å². The van der Waals surface area contributed by atoms with E-state index in [0.29, 0.717) is 0 Å². The van der Waals surface area contributed by atoms with Crippen LogP contribution < -0.4 is 0 Å². The third-order valence-corrected chi connectivity index (χ3v) is 1.28. The molecule has 0 aromatic heterocycles. The summed E-state index contributed by atoms with van der Waals surface area (Å²) >= 11 is 0. The first-order valence-electron chi connectivity index (χ1n) is 2.14. The summed E-state index contributed by atoms with van der Waals surface area (Å²) in [6, 6.07) is 0. The van der Waals surface area contributed by atoms with Crippen molar-refractivity contribution in [3.63, 3.8) is 0 Å². The van der Waals surface area contributed by atoms with Crippen LogP contribution in [0.3, 0.4) is 0 Å². The van der Waals surface area contributed by atoms with Gasteiger partial charge in [0.25, 0.3) is 0 Å². The van der Waals surface area contributed by atoms with Crippen molar-refractivity contribution in [1.82, 2.24) is 0 Å². The molecule has 0 N–H and O–H groups in total. The summed E-state index contributed by atoms with van der Waals surface area (Å²) in [4.78, 5) is 0. The molecule has 1 fully saturated rings. The van der Waals surface area contributed by atoms with Gasteiger partial charge in [-0.05, 0) is 25.2 Å². The Labute approximate surface area is 33.2 Å². The quantitative estimate of drug-likeness (QED) is 0.404. The largest absolute Gasteiger partial charge is 0.0622 e. The predicted molar refractivity (Wildman–Crippen MR) is 22.6 cm³/mol. The van der Waals surface area contributed by atoms with Crippen LogP contribution in [0, 0.1) is 18.8 Å². The molecule has 1 aliphatic rings. The van der Waals surface area contributed by atoms with Crippen molar-refractivity contribution >= 4 is 0 Å². The van der Waals surface area contributed by atoms with Crippen molar-refractivity contribution in [3.8, 4) is 0 Å². The Bertz CT molecular complexity index is 33.3. The highest BCUT2D eigenvalue weighted by atomic mass is 14.3. The minimum absolute atomic E-state index is 0.801. The van der Waals surface area contributed by atoms with Gasteiger partial charge in [0.1, 0.15) is 0 Å². The fourth-order valence-corrected chi connectivity index (χ4v) is 0.399. The molecule has 0 bridgehead atoms. The van der Waals surface area contributed by atoms with Crippen LogP contribution in [-0.4, -0.2) is 0 Å². The van der Waals surface area contributed by atoms with Gasteiger partial charge in [0.15, 0.2) is 0 Å². The van der Waals surface area contributed by atoms with Gasteiger partial charge in [0.2, 0.25) is 0 Å². The lowest BCUT2D eigenvalue weighted by molar-refractivity contribution is 0.897. The average Bonchev–Trinajstić information content (AvgIpc) is 1.79. The molecule has 29 valence electrons. The molecule has 1 unspecified atom stereocenters. The first kappa shape index (κ1) is 3.20. The van der Waals surface area contributed by atoms with Crippen molar-refractivity contribution in [2.75, 3.05) is 0 Å². The maximum absolute atomic E-state index is 3.83. The summed E-state index contributed by atoms with van der Waals surface area (Å²) in [7, 11) is 0. The molecule has 0 spiro atoms. The van der Waals surface area contributed by atoms with Crippen LogP contribution in [0.1, 0.15) is 13.3 Å². The smallest absolute Gasteiger partial charge is 0.0386 e. The molecule has 1 rings (SSSR count). The van der Waals surface area contributed by atoms with E-state index in [1.54, 1.807) is 0 Å². The normalized spacial score (nSPS) is 49.2. The monoisotopic (exact) mass is 69.1 g/mol. The summed E-state index contributed by atoms with van der Waals surface area (Å²) < 4.78 is 0. The van der Waals surface area contributed by atoms with E-state index in [1.165, 1.54) is 6.42 Å². The lowest BCUT2D eigenvalue weighted by Gasteiger charge is -1.66. The highest BCUT2D eigenvalue weighted by Gasteiger charge is 2.26. The van der Waals surface area contributed by atoms with Gasteiger partial charge in [-0.15, -0.1) is 0 Å². The Kier molecular flexibility index (Phi) is 0.470. The van der Waals surface area contributed by atoms with E-state index >= 15 is 0 Å². The molecular weight excluding hydrogens is 60.1 g/mol. The van der Waals surface area contributed by atoms with Gasteiger partial charge in [-0.3, -0.25) is 0 Å². The molecule has 5 heavy (non-hydrogen) atoms. The van der Waals surface area contributed by atoms with E-state index in [4.69, 9.17) is 0 Å². The van der Waals surface area contributed by atoms with Gasteiger partial charge in [-0.2, -0.15) is 0 Å². The van der Waals surface area contributed by atoms with Crippen molar-refractivity contribution in [1.29, 1.82) is 0 Å². The average molecular weight is 69.1 g/mol. The van der Waals surface area contributed by atoms with Gasteiger partial charge in [0.05, 0.1) is 0 Å². The standard InChI is InChI=1S/C5H9/c1-4-3-5(4)2/h4-5H,1,3H2,2H3/t4-,5?/m1/s1. The molecule has 0 nitrogen and oxygen atoms in total. The lowest BCUT2D eigenvalue weighted by Crippen LogP contribution is -1.59. The van der Waals surface area contributed by atoms with Crippen LogP contribution >= 0.6 is 0 Å².